The van der Waals surface area contributed by atoms with E-state index in [-0.39, 0.29) is 17.0 Å². The highest BCUT2D eigenvalue weighted by Crippen LogP contribution is 2.31. The number of Topliss-reactive ketones (excluding diaryl/α,β-unsaturated/α-hetero) is 1. The molecule has 1 fully saturated rings. The standard InChI is InChI=1S/C11H21NO/c1-6-8-7-10(2,3)12-11(4,5)9(8)13/h8,12H,6-7H2,1-5H3. The summed E-state index contributed by atoms with van der Waals surface area (Å²) in [7, 11) is 0. The van der Waals surface area contributed by atoms with Crippen LogP contribution in [0.3, 0.4) is 0 Å². The van der Waals surface area contributed by atoms with E-state index in [1.165, 1.54) is 0 Å². The van der Waals surface area contributed by atoms with Gasteiger partial charge in [-0.1, -0.05) is 6.92 Å². The van der Waals surface area contributed by atoms with Crippen LogP contribution in [0.1, 0.15) is 47.5 Å². The van der Waals surface area contributed by atoms with Crippen molar-refractivity contribution in [3.8, 4) is 0 Å². The molecule has 0 spiro atoms. The molecule has 1 heterocycles. The van der Waals surface area contributed by atoms with Crippen molar-refractivity contribution in [2.75, 3.05) is 0 Å². The summed E-state index contributed by atoms with van der Waals surface area (Å²) < 4.78 is 0. The smallest absolute Gasteiger partial charge is 0.155 e. The number of hydrogen-bond donors (Lipinski definition) is 1. The van der Waals surface area contributed by atoms with Crippen molar-refractivity contribution in [2.45, 2.75) is 58.5 Å². The number of rotatable bonds is 1. The van der Waals surface area contributed by atoms with Crippen molar-refractivity contribution in [3.05, 3.63) is 0 Å². The minimum atomic E-state index is -0.345. The summed E-state index contributed by atoms with van der Waals surface area (Å²) in [5, 5.41) is 3.40. The number of carbonyl (C=O) groups is 1. The number of piperidine rings is 1. The lowest BCUT2D eigenvalue weighted by atomic mass is 9.74. The largest absolute Gasteiger partial charge is 0.300 e. The van der Waals surface area contributed by atoms with Crippen LogP contribution in [0.25, 0.3) is 0 Å². The van der Waals surface area contributed by atoms with Crippen molar-refractivity contribution in [3.63, 3.8) is 0 Å². The lowest BCUT2D eigenvalue weighted by molar-refractivity contribution is -0.133. The summed E-state index contributed by atoms with van der Waals surface area (Å²) in [6.45, 7) is 10.4. The third-order valence-corrected chi connectivity index (χ3v) is 2.89. The molecule has 1 atom stereocenters. The lowest BCUT2D eigenvalue weighted by Gasteiger charge is -2.45. The van der Waals surface area contributed by atoms with E-state index in [9.17, 15) is 4.79 Å². The van der Waals surface area contributed by atoms with Gasteiger partial charge in [0, 0.05) is 11.5 Å². The second-order valence-electron chi connectivity index (χ2n) is 5.31. The minimum absolute atomic E-state index is 0.0953. The molecular weight excluding hydrogens is 162 g/mol. The van der Waals surface area contributed by atoms with Gasteiger partial charge in [-0.3, -0.25) is 4.79 Å². The first-order chi connectivity index (χ1) is 5.78. The number of hydrogen-bond acceptors (Lipinski definition) is 2. The van der Waals surface area contributed by atoms with Crippen LogP contribution in [0, 0.1) is 5.92 Å². The van der Waals surface area contributed by atoms with Gasteiger partial charge in [-0.05, 0) is 40.5 Å². The van der Waals surface area contributed by atoms with Crippen LogP contribution in [0.15, 0.2) is 0 Å². The molecule has 0 aromatic heterocycles. The lowest BCUT2D eigenvalue weighted by Crippen LogP contribution is -2.63. The highest BCUT2D eigenvalue weighted by Gasteiger charge is 2.43. The second-order valence-corrected chi connectivity index (χ2v) is 5.31. The van der Waals surface area contributed by atoms with E-state index in [4.69, 9.17) is 0 Å². The van der Waals surface area contributed by atoms with Gasteiger partial charge in [0.25, 0.3) is 0 Å². The summed E-state index contributed by atoms with van der Waals surface area (Å²) in [5.41, 5.74) is -0.249. The highest BCUT2D eigenvalue weighted by molar-refractivity contribution is 5.90. The Hall–Kier alpha value is -0.370. The van der Waals surface area contributed by atoms with Crippen molar-refractivity contribution < 1.29 is 4.79 Å². The summed E-state index contributed by atoms with van der Waals surface area (Å²) in [4.78, 5) is 11.9. The van der Waals surface area contributed by atoms with Gasteiger partial charge in [-0.2, -0.15) is 0 Å². The Morgan fingerprint density at radius 1 is 1.38 bits per heavy atom. The van der Waals surface area contributed by atoms with Gasteiger partial charge in [0.05, 0.1) is 5.54 Å². The Labute approximate surface area is 81.1 Å². The van der Waals surface area contributed by atoms with Gasteiger partial charge < -0.3 is 5.32 Å². The molecule has 1 aliphatic heterocycles. The van der Waals surface area contributed by atoms with Crippen molar-refractivity contribution in [2.24, 2.45) is 5.92 Å². The van der Waals surface area contributed by atoms with E-state index in [0.29, 0.717) is 5.78 Å². The monoisotopic (exact) mass is 183 g/mol. The normalized spacial score (nSPS) is 31.8. The molecule has 0 aromatic rings. The molecule has 1 unspecified atom stereocenters. The maximum Gasteiger partial charge on any atom is 0.155 e. The molecule has 1 saturated heterocycles. The van der Waals surface area contributed by atoms with Crippen LogP contribution in [0.4, 0.5) is 0 Å². The van der Waals surface area contributed by atoms with Crippen molar-refractivity contribution >= 4 is 5.78 Å². The summed E-state index contributed by atoms with van der Waals surface area (Å²) in [6, 6.07) is 0. The first kappa shape index (κ1) is 10.7. The summed E-state index contributed by atoms with van der Waals surface area (Å²) >= 11 is 0. The predicted molar refractivity (Wildman–Crippen MR) is 54.7 cm³/mol. The maximum absolute atomic E-state index is 11.9. The van der Waals surface area contributed by atoms with E-state index in [0.717, 1.165) is 12.8 Å². The summed E-state index contributed by atoms with van der Waals surface area (Å²) in [5.74, 6) is 0.612. The van der Waals surface area contributed by atoms with Crippen LogP contribution in [-0.2, 0) is 4.79 Å². The zero-order valence-corrected chi connectivity index (χ0v) is 9.40. The molecule has 0 saturated carbocycles. The Kier molecular flexibility index (Phi) is 2.54. The van der Waals surface area contributed by atoms with Crippen molar-refractivity contribution in [1.29, 1.82) is 0 Å². The third kappa shape index (κ3) is 2.11. The average Bonchev–Trinajstić information content (AvgIpc) is 1.95. The summed E-state index contributed by atoms with van der Waals surface area (Å²) in [6.07, 6.45) is 1.93. The Morgan fingerprint density at radius 3 is 2.38 bits per heavy atom. The minimum Gasteiger partial charge on any atom is -0.300 e. The number of nitrogens with one attached hydrogen (secondary N) is 1. The van der Waals surface area contributed by atoms with Gasteiger partial charge in [-0.25, -0.2) is 0 Å². The fourth-order valence-corrected chi connectivity index (χ4v) is 2.51. The fourth-order valence-electron chi connectivity index (χ4n) is 2.51. The van der Waals surface area contributed by atoms with Gasteiger partial charge in [0.2, 0.25) is 0 Å². The third-order valence-electron chi connectivity index (χ3n) is 2.89. The molecule has 2 heteroatoms. The Bertz CT molecular complexity index is 218. The van der Waals surface area contributed by atoms with Crippen molar-refractivity contribution in [1.82, 2.24) is 5.32 Å². The highest BCUT2D eigenvalue weighted by atomic mass is 16.1. The van der Waals surface area contributed by atoms with E-state index in [2.05, 4.69) is 26.1 Å². The van der Waals surface area contributed by atoms with Crippen LogP contribution in [0.2, 0.25) is 0 Å². The molecule has 0 aromatic carbocycles. The predicted octanol–water partition coefficient (Wildman–Crippen LogP) is 2.13. The number of carbonyl (C=O) groups excluding carboxylic acids is 1. The zero-order valence-electron chi connectivity index (χ0n) is 9.40. The Balaban J connectivity index is 2.88. The quantitative estimate of drug-likeness (QED) is 0.674. The molecule has 2 nitrogen and oxygen atoms in total. The van der Waals surface area contributed by atoms with E-state index >= 15 is 0 Å². The molecule has 76 valence electrons. The van der Waals surface area contributed by atoms with E-state index in [1.54, 1.807) is 0 Å². The van der Waals surface area contributed by atoms with Crippen LogP contribution < -0.4 is 5.32 Å². The maximum atomic E-state index is 11.9. The molecule has 1 N–H and O–H groups in total. The van der Waals surface area contributed by atoms with Gasteiger partial charge >= 0.3 is 0 Å². The molecule has 1 rings (SSSR count). The molecule has 0 radical (unpaired) electrons. The SMILES string of the molecule is CCC1CC(C)(C)NC(C)(C)C1=O. The first-order valence-corrected chi connectivity index (χ1v) is 5.12. The van der Waals surface area contributed by atoms with E-state index < -0.39 is 0 Å². The number of ketones is 1. The molecule has 0 aliphatic carbocycles. The molecule has 1 aliphatic rings. The van der Waals surface area contributed by atoms with Gasteiger partial charge in [0.1, 0.15) is 0 Å². The molecule has 13 heavy (non-hydrogen) atoms. The molecule has 0 bridgehead atoms. The molecular formula is C11H21NO. The first-order valence-electron chi connectivity index (χ1n) is 5.12. The Morgan fingerprint density at radius 2 is 1.92 bits per heavy atom. The topological polar surface area (TPSA) is 29.1 Å². The van der Waals surface area contributed by atoms with Crippen LogP contribution in [0.5, 0.6) is 0 Å². The average molecular weight is 183 g/mol. The molecule has 0 amide bonds. The second kappa shape index (κ2) is 3.09. The van der Waals surface area contributed by atoms with Gasteiger partial charge in [0.15, 0.2) is 5.78 Å². The zero-order chi connectivity index (χ0) is 10.3. The van der Waals surface area contributed by atoms with E-state index in [1.807, 2.05) is 13.8 Å². The van der Waals surface area contributed by atoms with Crippen LogP contribution in [-0.4, -0.2) is 16.9 Å². The van der Waals surface area contributed by atoms with Crippen LogP contribution >= 0.6 is 0 Å². The fraction of sp³-hybridized carbons (Fsp3) is 0.909. The van der Waals surface area contributed by atoms with Gasteiger partial charge in [-0.15, -0.1) is 0 Å².